The van der Waals surface area contributed by atoms with E-state index in [1.807, 2.05) is 5.48 Å². The minimum atomic E-state index is -1.09. The highest BCUT2D eigenvalue weighted by molar-refractivity contribution is 5.76. The predicted octanol–water partition coefficient (Wildman–Crippen LogP) is 0.939. The van der Waals surface area contributed by atoms with Crippen molar-refractivity contribution in [1.82, 2.24) is 5.48 Å². The van der Waals surface area contributed by atoms with Gasteiger partial charge >= 0.3 is 18.0 Å². The molecule has 0 saturated carbocycles. The summed E-state index contributed by atoms with van der Waals surface area (Å²) in [5, 5.41) is 0. The van der Waals surface area contributed by atoms with Crippen molar-refractivity contribution in [1.29, 1.82) is 0 Å². The molecule has 0 bridgehead atoms. The van der Waals surface area contributed by atoms with Crippen molar-refractivity contribution in [2.45, 2.75) is 39.7 Å². The summed E-state index contributed by atoms with van der Waals surface area (Å²) < 4.78 is 14.1. The number of hydroxylamine groups is 1. The summed E-state index contributed by atoms with van der Waals surface area (Å²) in [6.45, 7) is 5.53. The molecule has 0 aromatic heterocycles. The van der Waals surface area contributed by atoms with Gasteiger partial charge in [-0.1, -0.05) is 0 Å². The van der Waals surface area contributed by atoms with Crippen molar-refractivity contribution in [2.24, 2.45) is 0 Å². The molecular formula is C12H21NO7. The fourth-order valence-electron chi connectivity index (χ4n) is 1.22. The topological polar surface area (TPSA) is 100 Å². The summed E-state index contributed by atoms with van der Waals surface area (Å²) in [4.78, 5) is 38.8. The number of carbonyl (C=O) groups is 3. The molecule has 0 saturated heterocycles. The third-order valence-corrected chi connectivity index (χ3v) is 2.03. The van der Waals surface area contributed by atoms with Gasteiger partial charge in [0.15, 0.2) is 6.10 Å². The van der Waals surface area contributed by atoms with Crippen LogP contribution in [0.3, 0.4) is 0 Å². The van der Waals surface area contributed by atoms with Crippen LogP contribution in [-0.2, 0) is 28.6 Å². The molecular weight excluding hydrogens is 270 g/mol. The highest BCUT2D eigenvalue weighted by atomic mass is 16.7. The lowest BCUT2D eigenvalue weighted by molar-refractivity contribution is -0.162. The molecule has 0 rings (SSSR count). The van der Waals surface area contributed by atoms with Gasteiger partial charge in [0.25, 0.3) is 0 Å². The quantitative estimate of drug-likeness (QED) is 0.383. The van der Waals surface area contributed by atoms with Crippen LogP contribution in [0.25, 0.3) is 0 Å². The number of carbonyl (C=O) groups excluding carboxylic acids is 3. The normalized spacial score (nSPS) is 11.3. The van der Waals surface area contributed by atoms with Gasteiger partial charge in [-0.15, -0.1) is 0 Å². The number of nitrogens with one attached hydrogen (secondary N) is 1. The molecule has 0 fully saturated rings. The summed E-state index contributed by atoms with van der Waals surface area (Å²) >= 11 is 0. The van der Waals surface area contributed by atoms with E-state index in [0.29, 0.717) is 0 Å². The standard InChI is InChI=1S/C12H21NO7/c1-4-17-10(14)8-7-9(11(15)18-5-2)20-13-12(16)19-6-3/h9H,4-8H2,1-3H3,(H,13,16). The van der Waals surface area contributed by atoms with Crippen LogP contribution < -0.4 is 5.48 Å². The van der Waals surface area contributed by atoms with Crippen molar-refractivity contribution in [3.8, 4) is 0 Å². The highest BCUT2D eigenvalue weighted by Crippen LogP contribution is 2.05. The van der Waals surface area contributed by atoms with Crippen molar-refractivity contribution >= 4 is 18.0 Å². The molecule has 0 heterocycles. The largest absolute Gasteiger partial charge is 0.466 e. The average molecular weight is 291 g/mol. The predicted molar refractivity (Wildman–Crippen MR) is 67.5 cm³/mol. The van der Waals surface area contributed by atoms with Gasteiger partial charge < -0.3 is 14.2 Å². The second kappa shape index (κ2) is 11.0. The molecule has 8 nitrogen and oxygen atoms in total. The molecule has 0 aliphatic rings. The second-order valence-electron chi connectivity index (χ2n) is 3.52. The lowest BCUT2D eigenvalue weighted by Crippen LogP contribution is -2.36. The van der Waals surface area contributed by atoms with Gasteiger partial charge in [0.2, 0.25) is 0 Å². The molecule has 0 aromatic rings. The molecule has 116 valence electrons. The van der Waals surface area contributed by atoms with Crippen LogP contribution in [0.1, 0.15) is 33.6 Å². The first-order chi connectivity index (χ1) is 9.54. The van der Waals surface area contributed by atoms with Crippen LogP contribution >= 0.6 is 0 Å². The summed E-state index contributed by atoms with van der Waals surface area (Å²) in [5.41, 5.74) is 1.96. The maximum atomic E-state index is 11.6. The SMILES string of the molecule is CCOC(=O)CCC(ONC(=O)OCC)C(=O)OCC. The summed E-state index contributed by atoms with van der Waals surface area (Å²) in [6.07, 6.45) is -1.91. The van der Waals surface area contributed by atoms with Crippen molar-refractivity contribution in [3.05, 3.63) is 0 Å². The fourth-order valence-corrected chi connectivity index (χ4v) is 1.22. The minimum absolute atomic E-state index is 0.0260. The Morgan fingerprint density at radius 1 is 0.950 bits per heavy atom. The highest BCUT2D eigenvalue weighted by Gasteiger charge is 2.23. The first kappa shape index (κ1) is 18.2. The van der Waals surface area contributed by atoms with Crippen LogP contribution in [0.15, 0.2) is 0 Å². The van der Waals surface area contributed by atoms with E-state index in [2.05, 4.69) is 4.74 Å². The molecule has 1 amide bonds. The number of esters is 2. The number of hydrogen-bond donors (Lipinski definition) is 1. The number of rotatable bonds is 9. The Hall–Kier alpha value is -1.83. The first-order valence-corrected chi connectivity index (χ1v) is 6.45. The van der Waals surface area contributed by atoms with Crippen LogP contribution in [0.4, 0.5) is 4.79 Å². The van der Waals surface area contributed by atoms with Crippen molar-refractivity contribution < 1.29 is 33.4 Å². The molecule has 1 atom stereocenters. The van der Waals surface area contributed by atoms with Gasteiger partial charge in [0.05, 0.1) is 19.8 Å². The van der Waals surface area contributed by atoms with E-state index in [1.54, 1.807) is 20.8 Å². The van der Waals surface area contributed by atoms with E-state index < -0.39 is 24.1 Å². The van der Waals surface area contributed by atoms with Crippen molar-refractivity contribution in [3.63, 3.8) is 0 Å². The minimum Gasteiger partial charge on any atom is -0.466 e. The maximum Gasteiger partial charge on any atom is 0.431 e. The zero-order valence-corrected chi connectivity index (χ0v) is 12.0. The molecule has 8 heteroatoms. The summed E-state index contributed by atoms with van der Waals surface area (Å²) in [7, 11) is 0. The molecule has 0 aliphatic carbocycles. The smallest absolute Gasteiger partial charge is 0.431 e. The molecule has 1 N–H and O–H groups in total. The lowest BCUT2D eigenvalue weighted by atomic mass is 10.2. The Kier molecular flexibility index (Phi) is 10.0. The third-order valence-electron chi connectivity index (χ3n) is 2.03. The Labute approximate surface area is 117 Å². The Morgan fingerprint density at radius 2 is 1.55 bits per heavy atom. The Morgan fingerprint density at radius 3 is 2.10 bits per heavy atom. The lowest BCUT2D eigenvalue weighted by Gasteiger charge is -2.15. The van der Waals surface area contributed by atoms with Crippen LogP contribution in [0.5, 0.6) is 0 Å². The molecule has 0 spiro atoms. The van der Waals surface area contributed by atoms with Gasteiger partial charge in [-0.05, 0) is 27.2 Å². The van der Waals surface area contributed by atoms with E-state index in [0.717, 1.165) is 0 Å². The van der Waals surface area contributed by atoms with Gasteiger partial charge in [0.1, 0.15) is 0 Å². The number of amides is 1. The van der Waals surface area contributed by atoms with Gasteiger partial charge in [-0.3, -0.25) is 9.63 Å². The van der Waals surface area contributed by atoms with Crippen LogP contribution in [0, 0.1) is 0 Å². The number of ether oxygens (including phenoxy) is 3. The molecule has 0 aromatic carbocycles. The Balaban J connectivity index is 4.30. The van der Waals surface area contributed by atoms with E-state index in [9.17, 15) is 14.4 Å². The van der Waals surface area contributed by atoms with Gasteiger partial charge in [-0.2, -0.15) is 5.48 Å². The molecule has 0 aliphatic heterocycles. The molecule has 0 radical (unpaired) electrons. The monoisotopic (exact) mass is 291 g/mol. The van der Waals surface area contributed by atoms with E-state index in [1.165, 1.54) is 0 Å². The molecule has 1 unspecified atom stereocenters. The molecule has 20 heavy (non-hydrogen) atoms. The second-order valence-corrected chi connectivity index (χ2v) is 3.52. The fraction of sp³-hybridized carbons (Fsp3) is 0.750. The van der Waals surface area contributed by atoms with Gasteiger partial charge in [-0.25, -0.2) is 9.59 Å². The average Bonchev–Trinajstić information content (AvgIpc) is 2.39. The zero-order valence-electron chi connectivity index (χ0n) is 12.0. The van der Waals surface area contributed by atoms with Gasteiger partial charge in [0, 0.05) is 6.42 Å². The van der Waals surface area contributed by atoms with E-state index in [4.69, 9.17) is 14.3 Å². The first-order valence-electron chi connectivity index (χ1n) is 6.45. The van der Waals surface area contributed by atoms with E-state index >= 15 is 0 Å². The van der Waals surface area contributed by atoms with Crippen LogP contribution in [-0.4, -0.2) is 44.0 Å². The maximum absolute atomic E-state index is 11.6. The van der Waals surface area contributed by atoms with E-state index in [-0.39, 0.29) is 32.7 Å². The Bertz CT molecular complexity index is 297. The summed E-state index contributed by atoms with van der Waals surface area (Å²) in [6, 6.07) is 0. The third kappa shape index (κ3) is 8.30. The zero-order chi connectivity index (χ0) is 15.4. The number of hydrogen-bond acceptors (Lipinski definition) is 7. The summed E-state index contributed by atoms with van der Waals surface area (Å²) in [5.74, 6) is -1.13. The van der Waals surface area contributed by atoms with Crippen LogP contribution in [0.2, 0.25) is 0 Å². The van der Waals surface area contributed by atoms with Crippen molar-refractivity contribution in [2.75, 3.05) is 19.8 Å².